The van der Waals surface area contributed by atoms with E-state index in [1.54, 1.807) is 13.1 Å². The normalized spacial score (nSPS) is 17.8. The summed E-state index contributed by atoms with van der Waals surface area (Å²) in [5, 5.41) is 6.73. The molecular formula is C14H16F3N5O. The Morgan fingerprint density at radius 2 is 2.26 bits per heavy atom. The van der Waals surface area contributed by atoms with E-state index < -0.39 is 11.9 Å². The number of imidazole rings is 1. The first-order valence-electron chi connectivity index (χ1n) is 7.24. The summed E-state index contributed by atoms with van der Waals surface area (Å²) in [6.07, 6.45) is -0.674. The van der Waals surface area contributed by atoms with Crippen LogP contribution in [0.25, 0.3) is 0 Å². The van der Waals surface area contributed by atoms with Crippen molar-refractivity contribution in [3.05, 3.63) is 35.7 Å². The molecule has 0 saturated heterocycles. The number of aromatic nitrogens is 4. The lowest BCUT2D eigenvalue weighted by atomic mass is 9.99. The molecule has 6 nitrogen and oxygen atoms in total. The standard InChI is InChI=1S/C14H16F3N5O/c1-21-10(4-5-19-21)13(23)18-6-9-2-3-12-20-11(14(15,16)17)8-22(12)7-9/h4-5,8-9H,2-3,6-7H2,1H3,(H,18,23)/t9-/m1/s1. The van der Waals surface area contributed by atoms with Gasteiger partial charge in [0.05, 0.1) is 0 Å². The molecule has 1 N–H and O–H groups in total. The van der Waals surface area contributed by atoms with Gasteiger partial charge in [-0.3, -0.25) is 9.48 Å². The summed E-state index contributed by atoms with van der Waals surface area (Å²) in [4.78, 5) is 15.7. The second-order valence-electron chi connectivity index (χ2n) is 5.65. The average Bonchev–Trinajstić information content (AvgIpc) is 3.09. The zero-order chi connectivity index (χ0) is 16.6. The number of rotatable bonds is 3. The predicted molar refractivity (Wildman–Crippen MR) is 74.6 cm³/mol. The third kappa shape index (κ3) is 3.22. The Balaban J connectivity index is 1.61. The molecule has 1 amide bonds. The fourth-order valence-corrected chi connectivity index (χ4v) is 2.74. The van der Waals surface area contributed by atoms with Crippen molar-refractivity contribution in [1.29, 1.82) is 0 Å². The number of amides is 1. The van der Waals surface area contributed by atoms with Crippen molar-refractivity contribution in [2.24, 2.45) is 13.0 Å². The van der Waals surface area contributed by atoms with Crippen LogP contribution < -0.4 is 5.32 Å². The van der Waals surface area contributed by atoms with E-state index in [4.69, 9.17) is 0 Å². The number of nitrogens with zero attached hydrogens (tertiary/aromatic N) is 4. The van der Waals surface area contributed by atoms with Crippen molar-refractivity contribution in [1.82, 2.24) is 24.6 Å². The van der Waals surface area contributed by atoms with Gasteiger partial charge in [0.25, 0.3) is 5.91 Å². The Kier molecular flexibility index (Phi) is 3.87. The summed E-state index contributed by atoms with van der Waals surface area (Å²) in [5.74, 6) is 0.291. The highest BCUT2D eigenvalue weighted by Crippen LogP contribution is 2.30. The van der Waals surface area contributed by atoms with E-state index in [0.717, 1.165) is 6.20 Å². The third-order valence-electron chi connectivity index (χ3n) is 3.99. The van der Waals surface area contributed by atoms with Gasteiger partial charge >= 0.3 is 6.18 Å². The topological polar surface area (TPSA) is 64.7 Å². The molecule has 2 aromatic rings. The molecule has 23 heavy (non-hydrogen) atoms. The molecule has 0 aromatic carbocycles. The number of fused-ring (bicyclic) bond motifs is 1. The van der Waals surface area contributed by atoms with Gasteiger partial charge in [0, 0.05) is 39.0 Å². The highest BCUT2D eigenvalue weighted by Gasteiger charge is 2.35. The zero-order valence-electron chi connectivity index (χ0n) is 12.5. The van der Waals surface area contributed by atoms with Crippen molar-refractivity contribution in [3.63, 3.8) is 0 Å². The Hall–Kier alpha value is -2.32. The SMILES string of the molecule is Cn1nccc1C(=O)NC[C@H]1CCc2nc(C(F)(F)F)cn2C1. The number of nitrogens with one attached hydrogen (secondary N) is 1. The van der Waals surface area contributed by atoms with Crippen molar-refractivity contribution < 1.29 is 18.0 Å². The van der Waals surface area contributed by atoms with E-state index in [2.05, 4.69) is 15.4 Å². The summed E-state index contributed by atoms with van der Waals surface area (Å²) in [6, 6.07) is 1.61. The van der Waals surface area contributed by atoms with Crippen LogP contribution in [-0.2, 0) is 26.2 Å². The first kappa shape index (κ1) is 15.6. The lowest BCUT2D eigenvalue weighted by Gasteiger charge is -2.23. The number of carbonyl (C=O) groups excluding carboxylic acids is 1. The van der Waals surface area contributed by atoms with Gasteiger partial charge in [0.1, 0.15) is 11.5 Å². The van der Waals surface area contributed by atoms with Crippen LogP contribution in [0, 0.1) is 5.92 Å². The van der Waals surface area contributed by atoms with Crippen molar-refractivity contribution in [3.8, 4) is 0 Å². The van der Waals surface area contributed by atoms with Crippen LogP contribution in [0.3, 0.4) is 0 Å². The van der Waals surface area contributed by atoms with Gasteiger partial charge < -0.3 is 9.88 Å². The van der Waals surface area contributed by atoms with Gasteiger partial charge in [-0.1, -0.05) is 0 Å². The number of halogens is 3. The molecule has 3 heterocycles. The number of carbonyl (C=O) groups is 1. The Labute approximate surface area is 130 Å². The molecule has 0 radical (unpaired) electrons. The minimum atomic E-state index is -4.42. The highest BCUT2D eigenvalue weighted by molar-refractivity contribution is 5.92. The minimum absolute atomic E-state index is 0.0787. The maximum absolute atomic E-state index is 12.7. The second kappa shape index (κ2) is 5.71. The lowest BCUT2D eigenvalue weighted by molar-refractivity contribution is -0.141. The van der Waals surface area contributed by atoms with Crippen LogP contribution in [0.1, 0.15) is 28.4 Å². The van der Waals surface area contributed by atoms with Crippen molar-refractivity contribution >= 4 is 5.91 Å². The van der Waals surface area contributed by atoms with Crippen LogP contribution >= 0.6 is 0 Å². The average molecular weight is 327 g/mol. The quantitative estimate of drug-likeness (QED) is 0.932. The van der Waals surface area contributed by atoms with Crippen LogP contribution in [0.5, 0.6) is 0 Å². The molecule has 0 fully saturated rings. The van der Waals surface area contributed by atoms with E-state index in [1.165, 1.54) is 15.4 Å². The molecule has 2 aromatic heterocycles. The van der Waals surface area contributed by atoms with Crippen LogP contribution in [-0.4, -0.2) is 31.8 Å². The first-order chi connectivity index (χ1) is 10.8. The fraction of sp³-hybridized carbons (Fsp3) is 0.500. The Morgan fingerprint density at radius 1 is 1.48 bits per heavy atom. The smallest absolute Gasteiger partial charge is 0.350 e. The van der Waals surface area contributed by atoms with E-state index in [1.807, 2.05) is 0 Å². The summed E-state index contributed by atoms with van der Waals surface area (Å²) < 4.78 is 41.0. The molecule has 0 spiro atoms. The molecule has 0 unspecified atom stereocenters. The molecule has 1 aliphatic rings. The highest BCUT2D eigenvalue weighted by atomic mass is 19.4. The predicted octanol–water partition coefficient (Wildman–Crippen LogP) is 1.63. The molecule has 1 aliphatic heterocycles. The molecule has 0 bridgehead atoms. The largest absolute Gasteiger partial charge is 0.434 e. The molecule has 1 atom stereocenters. The fourth-order valence-electron chi connectivity index (χ4n) is 2.74. The number of alkyl halides is 3. The third-order valence-corrected chi connectivity index (χ3v) is 3.99. The van der Waals surface area contributed by atoms with E-state index >= 15 is 0 Å². The maximum Gasteiger partial charge on any atom is 0.434 e. The van der Waals surface area contributed by atoms with Crippen molar-refractivity contribution in [2.75, 3.05) is 6.54 Å². The number of aryl methyl sites for hydroxylation is 2. The van der Waals surface area contributed by atoms with E-state index in [0.29, 0.717) is 37.4 Å². The van der Waals surface area contributed by atoms with Crippen molar-refractivity contribution in [2.45, 2.75) is 25.6 Å². The lowest BCUT2D eigenvalue weighted by Crippen LogP contribution is -2.34. The van der Waals surface area contributed by atoms with E-state index in [9.17, 15) is 18.0 Å². The van der Waals surface area contributed by atoms with Gasteiger partial charge in [0.2, 0.25) is 0 Å². The number of hydrogen-bond donors (Lipinski definition) is 1. The van der Waals surface area contributed by atoms with E-state index in [-0.39, 0.29) is 11.8 Å². The molecule has 0 aliphatic carbocycles. The molecule has 124 valence electrons. The van der Waals surface area contributed by atoms with Crippen LogP contribution in [0.2, 0.25) is 0 Å². The second-order valence-corrected chi connectivity index (χ2v) is 5.65. The Morgan fingerprint density at radius 3 is 2.91 bits per heavy atom. The summed E-state index contributed by atoms with van der Waals surface area (Å²) >= 11 is 0. The molecule has 0 saturated carbocycles. The maximum atomic E-state index is 12.7. The number of hydrogen-bond acceptors (Lipinski definition) is 3. The van der Waals surface area contributed by atoms with Gasteiger partial charge in [-0.05, 0) is 18.4 Å². The summed E-state index contributed by atoms with van der Waals surface area (Å²) in [7, 11) is 1.67. The first-order valence-corrected chi connectivity index (χ1v) is 7.24. The Bertz CT molecular complexity index is 718. The summed E-state index contributed by atoms with van der Waals surface area (Å²) in [6.45, 7) is 0.826. The van der Waals surface area contributed by atoms with Crippen LogP contribution in [0.4, 0.5) is 13.2 Å². The van der Waals surface area contributed by atoms with Gasteiger partial charge in [-0.2, -0.15) is 18.3 Å². The van der Waals surface area contributed by atoms with Gasteiger partial charge in [0.15, 0.2) is 5.69 Å². The molecule has 9 heteroatoms. The molecule has 3 rings (SSSR count). The monoisotopic (exact) mass is 327 g/mol. The zero-order valence-corrected chi connectivity index (χ0v) is 12.5. The van der Waals surface area contributed by atoms with Gasteiger partial charge in [-0.15, -0.1) is 0 Å². The minimum Gasteiger partial charge on any atom is -0.350 e. The molecular weight excluding hydrogens is 311 g/mol. The summed E-state index contributed by atoms with van der Waals surface area (Å²) in [5.41, 5.74) is -0.407. The van der Waals surface area contributed by atoms with Crippen LogP contribution in [0.15, 0.2) is 18.5 Å². The van der Waals surface area contributed by atoms with Gasteiger partial charge in [-0.25, -0.2) is 4.98 Å².